The topological polar surface area (TPSA) is 0 Å². The van der Waals surface area contributed by atoms with Gasteiger partial charge in [0, 0.05) is 0 Å². The van der Waals surface area contributed by atoms with E-state index < -0.39 is 16.6 Å². The van der Waals surface area contributed by atoms with Crippen molar-refractivity contribution < 1.29 is 16.6 Å². The summed E-state index contributed by atoms with van der Waals surface area (Å²) in [6.45, 7) is 7.25. The fourth-order valence-electron chi connectivity index (χ4n) is 4.90. The normalized spacial score (nSPS) is 29.0. The summed E-state index contributed by atoms with van der Waals surface area (Å²) in [5.74, 6) is 0. The fourth-order valence-corrected chi connectivity index (χ4v) is 10.4. The summed E-state index contributed by atoms with van der Waals surface area (Å²) in [6.07, 6.45) is 8.25. The first-order chi connectivity index (χ1) is 8.40. The van der Waals surface area contributed by atoms with Gasteiger partial charge in [0.2, 0.25) is 0 Å². The third kappa shape index (κ3) is 1.83. The zero-order chi connectivity index (χ0) is 13.6. The average Bonchev–Trinajstić information content (AvgIpc) is 2.58. The van der Waals surface area contributed by atoms with Crippen molar-refractivity contribution in [3.05, 3.63) is 22.3 Å². The van der Waals surface area contributed by atoms with Gasteiger partial charge in [-0.1, -0.05) is 0 Å². The van der Waals surface area contributed by atoms with E-state index in [9.17, 15) is 0 Å². The number of rotatable bonds is 3. The molecule has 0 aromatic carbocycles. The molecule has 1 heteroatoms. The van der Waals surface area contributed by atoms with Gasteiger partial charge in [0.25, 0.3) is 0 Å². The van der Waals surface area contributed by atoms with Crippen molar-refractivity contribution in [2.75, 3.05) is 0 Å². The van der Waals surface area contributed by atoms with Crippen LogP contribution in [0.5, 0.6) is 0 Å². The van der Waals surface area contributed by atoms with Crippen molar-refractivity contribution in [1.29, 1.82) is 0 Å². The maximum absolute atomic E-state index is 2.64. The summed E-state index contributed by atoms with van der Waals surface area (Å²) in [6, 6.07) is 0. The minimum atomic E-state index is -1.78. The van der Waals surface area contributed by atoms with Gasteiger partial charge in [0.1, 0.15) is 0 Å². The van der Waals surface area contributed by atoms with Crippen LogP contribution in [0.4, 0.5) is 0 Å². The molecule has 0 aromatic heterocycles. The van der Waals surface area contributed by atoms with Crippen LogP contribution in [0, 0.1) is 0 Å². The van der Waals surface area contributed by atoms with E-state index in [1.165, 1.54) is 38.5 Å². The van der Waals surface area contributed by atoms with Crippen LogP contribution in [0.15, 0.2) is 22.3 Å². The van der Waals surface area contributed by atoms with Crippen molar-refractivity contribution in [2.24, 2.45) is 0 Å². The first-order valence-electron chi connectivity index (χ1n) is 7.83. The third-order valence-electron chi connectivity index (χ3n) is 5.57. The van der Waals surface area contributed by atoms with Gasteiger partial charge in [0.15, 0.2) is 0 Å². The molecule has 18 heavy (non-hydrogen) atoms. The Morgan fingerprint density at radius 2 is 1.67 bits per heavy atom. The van der Waals surface area contributed by atoms with Gasteiger partial charge in [-0.05, 0) is 0 Å². The van der Waals surface area contributed by atoms with Crippen LogP contribution in [0.1, 0.15) is 59.3 Å². The van der Waals surface area contributed by atoms with E-state index in [1.807, 2.05) is 11.1 Å². The van der Waals surface area contributed by atoms with Gasteiger partial charge in [-0.15, -0.1) is 0 Å². The van der Waals surface area contributed by atoms with E-state index in [-0.39, 0.29) is 0 Å². The fraction of sp³-hybridized carbons (Fsp3) is 0.765. The van der Waals surface area contributed by atoms with Crippen LogP contribution in [0.3, 0.4) is 0 Å². The molecular weight excluding hydrogens is 252 g/mol. The summed E-state index contributed by atoms with van der Waals surface area (Å²) in [5, 5.41) is 7.91. The zero-order valence-corrected chi connectivity index (χ0v) is 14.8. The molecule has 0 radical (unpaired) electrons. The quantitative estimate of drug-likeness (QED) is 0.521. The summed E-state index contributed by atoms with van der Waals surface area (Å²) >= 11 is -1.78. The average molecular weight is 282 g/mol. The molecule has 0 saturated heterocycles. The predicted octanol–water partition coefficient (Wildman–Crippen LogP) is 6.46. The van der Waals surface area contributed by atoms with Gasteiger partial charge in [-0.25, -0.2) is 0 Å². The van der Waals surface area contributed by atoms with E-state index in [2.05, 4.69) is 36.5 Å². The van der Waals surface area contributed by atoms with Crippen molar-refractivity contribution in [1.82, 2.24) is 0 Å². The van der Waals surface area contributed by atoms with E-state index in [0.29, 0.717) is 3.72 Å². The molecule has 2 rings (SSSR count). The molecule has 0 aliphatic heterocycles. The summed E-state index contributed by atoms with van der Waals surface area (Å²) < 4.78 is 0.550. The third-order valence-corrected chi connectivity index (χ3v) is 11.1. The van der Waals surface area contributed by atoms with Gasteiger partial charge in [-0.3, -0.25) is 0 Å². The Balaban J connectivity index is 2.66. The Bertz CT molecular complexity index is 406. The van der Waals surface area contributed by atoms with Crippen molar-refractivity contribution in [3.8, 4) is 0 Å². The van der Waals surface area contributed by atoms with E-state index >= 15 is 0 Å². The SMILES string of the molecule is CCC1=C(C)C2=C(CCCC2)[C]1(CC)[Ti]([CH3])([CH3])[CH3]. The molecule has 0 aromatic rings. The number of hydrogen-bond donors (Lipinski definition) is 0. The molecule has 0 heterocycles. The molecule has 0 bridgehead atoms. The van der Waals surface area contributed by atoms with Crippen LogP contribution < -0.4 is 0 Å². The van der Waals surface area contributed by atoms with Crippen molar-refractivity contribution in [3.63, 3.8) is 0 Å². The van der Waals surface area contributed by atoms with Crippen LogP contribution in [-0.4, -0.2) is 0 Å². The summed E-state index contributed by atoms with van der Waals surface area (Å²) in [7, 11) is 0. The van der Waals surface area contributed by atoms with Crippen LogP contribution >= 0.6 is 0 Å². The Morgan fingerprint density at radius 3 is 2.17 bits per heavy atom. The molecule has 0 nitrogen and oxygen atoms in total. The Kier molecular flexibility index (Phi) is 4.01. The Morgan fingerprint density at radius 1 is 1.06 bits per heavy atom. The molecule has 0 spiro atoms. The minimum absolute atomic E-state index is 0.550. The van der Waals surface area contributed by atoms with E-state index in [4.69, 9.17) is 0 Å². The molecule has 102 valence electrons. The molecule has 2 aliphatic carbocycles. The van der Waals surface area contributed by atoms with Crippen LogP contribution in [0.2, 0.25) is 19.4 Å². The molecule has 0 saturated carbocycles. The predicted molar refractivity (Wildman–Crippen MR) is 79.1 cm³/mol. The second-order valence-electron chi connectivity index (χ2n) is 7.13. The standard InChI is InChI=1S/C14H21.3CH3.Ti/c1-4-11-10(3)13-8-6-7-9-14(13)12(11)5-2;;;;/h4-9H2,1-3H3;3*1H3;. The summed E-state index contributed by atoms with van der Waals surface area (Å²) in [5.41, 5.74) is 7.23. The molecular formula is C17H30Ti. The van der Waals surface area contributed by atoms with Crippen molar-refractivity contribution in [2.45, 2.75) is 78.7 Å². The van der Waals surface area contributed by atoms with E-state index in [0.717, 1.165) is 0 Å². The van der Waals surface area contributed by atoms with Crippen LogP contribution in [0.25, 0.3) is 0 Å². The number of allylic oxidation sites excluding steroid dienone is 4. The second kappa shape index (κ2) is 4.95. The molecule has 0 fully saturated rings. The molecule has 2 aliphatic rings. The van der Waals surface area contributed by atoms with E-state index in [1.54, 1.807) is 11.1 Å². The van der Waals surface area contributed by atoms with Gasteiger partial charge in [-0.2, -0.15) is 0 Å². The maximum atomic E-state index is 2.64. The number of hydrogen-bond acceptors (Lipinski definition) is 0. The van der Waals surface area contributed by atoms with Gasteiger partial charge < -0.3 is 0 Å². The molecule has 1 atom stereocenters. The second-order valence-corrected chi connectivity index (χ2v) is 15.5. The Hall–Kier alpha value is 0.194. The zero-order valence-electron chi connectivity index (χ0n) is 13.2. The molecule has 0 amide bonds. The van der Waals surface area contributed by atoms with Crippen molar-refractivity contribution >= 4 is 0 Å². The molecule has 0 N–H and O–H groups in total. The first-order valence-corrected chi connectivity index (χ1v) is 13.3. The van der Waals surface area contributed by atoms with Gasteiger partial charge >= 0.3 is 118 Å². The monoisotopic (exact) mass is 282 g/mol. The summed E-state index contributed by atoms with van der Waals surface area (Å²) in [4.78, 5) is 0. The van der Waals surface area contributed by atoms with Crippen LogP contribution in [-0.2, 0) is 16.6 Å². The van der Waals surface area contributed by atoms with Gasteiger partial charge in [0.05, 0.1) is 0 Å². The first kappa shape index (κ1) is 14.6. The molecule has 1 unspecified atom stereocenters. The Labute approximate surface area is 117 Å².